The number of carbonyl (C=O) groups is 1. The van der Waals surface area contributed by atoms with E-state index in [2.05, 4.69) is 47.5 Å². The Morgan fingerprint density at radius 1 is 1.10 bits per heavy atom. The summed E-state index contributed by atoms with van der Waals surface area (Å²) < 4.78 is 5.98. The lowest BCUT2D eigenvalue weighted by molar-refractivity contribution is -0.151. The van der Waals surface area contributed by atoms with Gasteiger partial charge in [0.2, 0.25) is 5.82 Å². The van der Waals surface area contributed by atoms with Crippen molar-refractivity contribution in [2.75, 3.05) is 0 Å². The number of halogens is 1. The van der Waals surface area contributed by atoms with Crippen LogP contribution in [0.1, 0.15) is 48.8 Å². The molecule has 206 valence electrons. The highest BCUT2D eigenvalue weighted by Crippen LogP contribution is 2.34. The van der Waals surface area contributed by atoms with Crippen LogP contribution in [0.25, 0.3) is 22.5 Å². The molecule has 5 N–H and O–H groups in total. The van der Waals surface area contributed by atoms with E-state index in [0.29, 0.717) is 23.8 Å². The van der Waals surface area contributed by atoms with Crippen molar-refractivity contribution in [3.05, 3.63) is 89.0 Å². The maximum Gasteiger partial charge on any atom is 0.324 e. The van der Waals surface area contributed by atoms with Gasteiger partial charge in [0.15, 0.2) is 5.15 Å². The molecule has 11 nitrogen and oxygen atoms in total. The second kappa shape index (κ2) is 12.7. The molecule has 3 aromatic heterocycles. The molecule has 0 saturated carbocycles. The zero-order valence-electron chi connectivity index (χ0n) is 22.0. The Morgan fingerprint density at radius 2 is 1.95 bits per heavy atom. The predicted octanol–water partition coefficient (Wildman–Crippen LogP) is 4.37. The molecular formula is C28H30ClN9O2. The van der Waals surface area contributed by atoms with E-state index in [1.54, 1.807) is 12.4 Å². The molecule has 3 heterocycles. The molecule has 0 bridgehead atoms. The number of nitrogens with zero attached hydrogens (tertiary/aromatic N) is 5. The number of rotatable bonds is 12. The number of hydrogen-bond acceptors (Lipinski definition) is 8. The van der Waals surface area contributed by atoms with Crippen molar-refractivity contribution < 1.29 is 9.53 Å². The van der Waals surface area contributed by atoms with Crippen molar-refractivity contribution in [3.63, 3.8) is 0 Å². The molecule has 0 saturated heterocycles. The number of nitrogens with two attached hydrogens (primary N) is 1. The zero-order chi connectivity index (χ0) is 27.9. The van der Waals surface area contributed by atoms with Crippen LogP contribution in [-0.4, -0.2) is 52.6 Å². The van der Waals surface area contributed by atoms with E-state index in [1.807, 2.05) is 48.5 Å². The van der Waals surface area contributed by atoms with Gasteiger partial charge in [0.1, 0.15) is 23.8 Å². The number of tetrazole rings is 1. The maximum absolute atomic E-state index is 13.1. The van der Waals surface area contributed by atoms with Gasteiger partial charge in [0.25, 0.3) is 0 Å². The van der Waals surface area contributed by atoms with Crippen LogP contribution in [0.15, 0.2) is 60.9 Å². The second-order valence-corrected chi connectivity index (χ2v) is 9.81. The number of H-pyrrole nitrogens is 3. The first kappa shape index (κ1) is 27.2. The summed E-state index contributed by atoms with van der Waals surface area (Å²) in [7, 11) is 0. The number of aromatic nitrogens is 8. The van der Waals surface area contributed by atoms with Crippen LogP contribution in [0.4, 0.5) is 0 Å². The second-order valence-electron chi connectivity index (χ2n) is 9.45. The fourth-order valence-corrected chi connectivity index (χ4v) is 4.75. The average Bonchev–Trinajstić information content (AvgIpc) is 3.75. The van der Waals surface area contributed by atoms with Gasteiger partial charge < -0.3 is 20.4 Å². The fourth-order valence-electron chi connectivity index (χ4n) is 4.48. The van der Waals surface area contributed by atoms with E-state index in [-0.39, 0.29) is 11.6 Å². The normalized spacial score (nSPS) is 12.8. The highest BCUT2D eigenvalue weighted by molar-refractivity contribution is 6.30. The highest BCUT2D eigenvalue weighted by atomic mass is 35.5. The first-order valence-electron chi connectivity index (χ1n) is 13.1. The first-order valence-corrected chi connectivity index (χ1v) is 13.5. The largest absolute Gasteiger partial charge is 0.454 e. The Morgan fingerprint density at radius 3 is 2.67 bits per heavy atom. The van der Waals surface area contributed by atoms with E-state index < -0.39 is 18.1 Å². The summed E-state index contributed by atoms with van der Waals surface area (Å²) in [5, 5.41) is 15.0. The number of ether oxygens (including phenoxy) is 1. The van der Waals surface area contributed by atoms with Crippen molar-refractivity contribution in [1.82, 2.24) is 40.6 Å². The molecule has 0 aliphatic rings. The fraction of sp³-hybridized carbons (Fsp3) is 0.286. The number of benzene rings is 2. The lowest BCUT2D eigenvalue weighted by Crippen LogP contribution is -2.36. The van der Waals surface area contributed by atoms with Crippen molar-refractivity contribution in [2.45, 2.75) is 51.2 Å². The summed E-state index contributed by atoms with van der Waals surface area (Å²) in [5.41, 5.74) is 10.3. The Kier molecular flexibility index (Phi) is 8.62. The molecule has 0 aliphatic heterocycles. The standard InChI is InChI=1S/C28H30ClN9O2/c1-2-3-9-23-33-25(26(29)34-23)22(40-28(39)21(30)16-24-31-12-13-32-24)15-17-10-11-19(18-7-5-4-6-8-18)20(14-17)27-35-37-38-36-27/h4-8,10-14,21-22H,2-3,9,15-16,30H2,1H3,(H,31,32)(H,33,34)(H,35,36,37,38)/t21-,22-/m0/s1. The molecule has 40 heavy (non-hydrogen) atoms. The van der Waals surface area contributed by atoms with Gasteiger partial charge in [-0.1, -0.05) is 67.4 Å². The molecule has 0 spiro atoms. The molecule has 2 aromatic carbocycles. The summed E-state index contributed by atoms with van der Waals surface area (Å²) in [5.74, 6) is 1.23. The van der Waals surface area contributed by atoms with Crippen molar-refractivity contribution in [2.24, 2.45) is 5.73 Å². The summed E-state index contributed by atoms with van der Waals surface area (Å²) in [6.07, 6.45) is 5.77. The lowest BCUT2D eigenvalue weighted by atomic mass is 9.95. The maximum atomic E-state index is 13.1. The minimum absolute atomic E-state index is 0.213. The number of nitrogens with one attached hydrogen (secondary N) is 3. The molecule has 0 fully saturated rings. The van der Waals surface area contributed by atoms with Gasteiger partial charge in [-0.05, 0) is 34.4 Å². The van der Waals surface area contributed by atoms with Crippen molar-refractivity contribution in [1.29, 1.82) is 0 Å². The molecule has 0 radical (unpaired) electrons. The van der Waals surface area contributed by atoms with E-state index in [1.165, 1.54) is 0 Å². The van der Waals surface area contributed by atoms with Crippen LogP contribution in [0.2, 0.25) is 5.15 Å². The molecule has 0 amide bonds. The lowest BCUT2D eigenvalue weighted by Gasteiger charge is -2.20. The van der Waals surface area contributed by atoms with Crippen LogP contribution in [0.3, 0.4) is 0 Å². The summed E-state index contributed by atoms with van der Waals surface area (Å²) in [4.78, 5) is 28.0. The zero-order valence-corrected chi connectivity index (χ0v) is 22.7. The van der Waals surface area contributed by atoms with E-state index in [9.17, 15) is 4.79 Å². The average molecular weight is 560 g/mol. The first-order chi connectivity index (χ1) is 19.5. The van der Waals surface area contributed by atoms with Crippen LogP contribution >= 0.6 is 11.6 Å². The molecule has 0 unspecified atom stereocenters. The van der Waals surface area contributed by atoms with Crippen molar-refractivity contribution in [3.8, 4) is 22.5 Å². The molecule has 5 aromatic rings. The molecule has 0 aliphatic carbocycles. The molecule has 2 atom stereocenters. The van der Waals surface area contributed by atoms with Gasteiger partial charge in [-0.15, -0.1) is 10.2 Å². The van der Waals surface area contributed by atoms with Gasteiger partial charge in [-0.2, -0.15) is 5.21 Å². The number of imidazole rings is 2. The van der Waals surface area contributed by atoms with Crippen LogP contribution in [-0.2, 0) is 28.8 Å². The van der Waals surface area contributed by atoms with Gasteiger partial charge in [-0.3, -0.25) is 4.79 Å². The third-order valence-corrected chi connectivity index (χ3v) is 6.82. The van der Waals surface area contributed by atoms with Gasteiger partial charge >= 0.3 is 5.97 Å². The predicted molar refractivity (Wildman–Crippen MR) is 150 cm³/mol. The summed E-state index contributed by atoms with van der Waals surface area (Å²) in [6, 6.07) is 15.0. The topological polar surface area (TPSA) is 164 Å². The van der Waals surface area contributed by atoms with Gasteiger partial charge in [0, 0.05) is 37.2 Å². The Hall–Kier alpha value is -4.35. The van der Waals surface area contributed by atoms with Crippen LogP contribution < -0.4 is 5.73 Å². The number of carbonyl (C=O) groups excluding carboxylic acids is 1. The van der Waals surface area contributed by atoms with E-state index in [4.69, 9.17) is 22.1 Å². The van der Waals surface area contributed by atoms with Gasteiger partial charge in [-0.25, -0.2) is 9.97 Å². The quantitative estimate of drug-likeness (QED) is 0.164. The Labute approximate surface area is 235 Å². The number of hydrogen-bond donors (Lipinski definition) is 4. The minimum Gasteiger partial charge on any atom is -0.454 e. The van der Waals surface area contributed by atoms with E-state index >= 15 is 0 Å². The monoisotopic (exact) mass is 559 g/mol. The Balaban J connectivity index is 1.46. The van der Waals surface area contributed by atoms with Crippen molar-refractivity contribution >= 4 is 17.6 Å². The molecule has 5 rings (SSSR count). The molecule has 12 heteroatoms. The van der Waals surface area contributed by atoms with Crippen LogP contribution in [0, 0.1) is 0 Å². The van der Waals surface area contributed by atoms with Gasteiger partial charge in [0.05, 0.1) is 5.69 Å². The molecular weight excluding hydrogens is 530 g/mol. The number of unbranched alkanes of at least 4 members (excludes halogenated alkanes) is 1. The number of esters is 1. The smallest absolute Gasteiger partial charge is 0.324 e. The van der Waals surface area contributed by atoms with E-state index in [0.717, 1.165) is 47.3 Å². The number of aryl methyl sites for hydroxylation is 1. The number of aromatic amines is 3. The highest BCUT2D eigenvalue weighted by Gasteiger charge is 2.27. The summed E-state index contributed by atoms with van der Waals surface area (Å²) in [6.45, 7) is 2.11. The van der Waals surface area contributed by atoms with Crippen LogP contribution in [0.5, 0.6) is 0 Å². The third-order valence-electron chi connectivity index (χ3n) is 6.53. The third kappa shape index (κ3) is 6.44. The summed E-state index contributed by atoms with van der Waals surface area (Å²) >= 11 is 6.57. The Bertz CT molecular complexity index is 1520. The minimum atomic E-state index is -0.912. The SMILES string of the molecule is CCCCc1nc(Cl)c([C@H](Cc2ccc(-c3ccccc3)c(-c3nn[nH]n3)c2)OC(=O)[C@@H](N)Cc2ncc[nH]2)[nH]1.